The Bertz CT molecular complexity index is 401. The fourth-order valence-electron chi connectivity index (χ4n) is 1.28. The average Bonchev–Trinajstić information content (AvgIpc) is 2.33. The second-order valence-corrected chi connectivity index (χ2v) is 6.98. The Kier molecular flexibility index (Phi) is 6.15. The fourth-order valence-corrected chi connectivity index (χ4v) is 2.09. The highest BCUT2D eigenvalue weighted by Crippen LogP contribution is 2.21. The topological polar surface area (TPSA) is 38.3 Å². The zero-order chi connectivity index (χ0) is 14.3. The minimum atomic E-state index is -0.323. The number of carbonyl (C=O) groups is 1. The van der Waals surface area contributed by atoms with E-state index < -0.39 is 0 Å². The van der Waals surface area contributed by atoms with Crippen molar-refractivity contribution in [3.8, 4) is 5.75 Å². The largest absolute Gasteiger partial charge is 0.484 e. The van der Waals surface area contributed by atoms with Gasteiger partial charge >= 0.3 is 0 Å². The third-order valence-electron chi connectivity index (χ3n) is 2.14. The zero-order valence-corrected chi connectivity index (χ0v) is 12.3. The van der Waals surface area contributed by atoms with E-state index in [0.29, 0.717) is 12.3 Å². The number of thioether (sulfide) groups is 1. The number of ether oxygens (including phenoxy) is 1. The van der Waals surface area contributed by atoms with Crippen molar-refractivity contribution in [3.63, 3.8) is 0 Å². The van der Waals surface area contributed by atoms with Crippen LogP contribution in [0.2, 0.25) is 0 Å². The van der Waals surface area contributed by atoms with E-state index in [9.17, 15) is 9.18 Å². The maximum Gasteiger partial charge on any atom is 0.257 e. The second kappa shape index (κ2) is 7.38. The van der Waals surface area contributed by atoms with Crippen LogP contribution in [0.25, 0.3) is 0 Å². The van der Waals surface area contributed by atoms with Gasteiger partial charge in [-0.3, -0.25) is 4.79 Å². The molecular weight excluding hydrogens is 265 g/mol. The van der Waals surface area contributed by atoms with E-state index in [0.717, 1.165) is 5.75 Å². The maximum absolute atomic E-state index is 12.7. The van der Waals surface area contributed by atoms with Crippen molar-refractivity contribution in [2.45, 2.75) is 25.5 Å². The van der Waals surface area contributed by atoms with Crippen LogP contribution in [0.5, 0.6) is 5.75 Å². The lowest BCUT2D eigenvalue weighted by molar-refractivity contribution is -0.122. The Morgan fingerprint density at radius 1 is 1.32 bits per heavy atom. The molecule has 3 nitrogen and oxygen atoms in total. The Hall–Kier alpha value is -1.23. The van der Waals surface area contributed by atoms with E-state index in [1.807, 2.05) is 0 Å². The molecule has 0 spiro atoms. The SMILES string of the molecule is CC(C)(C)SCCNC(=O)COc1ccc(F)cc1. The van der Waals surface area contributed by atoms with Gasteiger partial charge in [0.05, 0.1) is 0 Å². The van der Waals surface area contributed by atoms with Gasteiger partial charge in [0.1, 0.15) is 11.6 Å². The predicted molar refractivity (Wildman–Crippen MR) is 77.1 cm³/mol. The summed E-state index contributed by atoms with van der Waals surface area (Å²) in [5, 5.41) is 2.78. The van der Waals surface area contributed by atoms with Crippen LogP contribution >= 0.6 is 11.8 Å². The molecule has 5 heteroatoms. The Labute approximate surface area is 117 Å². The van der Waals surface area contributed by atoms with Gasteiger partial charge < -0.3 is 10.1 Å². The number of amides is 1. The second-order valence-electron chi connectivity index (χ2n) is 5.05. The van der Waals surface area contributed by atoms with Crippen molar-refractivity contribution in [2.24, 2.45) is 0 Å². The van der Waals surface area contributed by atoms with Crippen LogP contribution in [0.15, 0.2) is 24.3 Å². The molecule has 0 bridgehead atoms. The molecule has 1 N–H and O–H groups in total. The molecular formula is C14H20FNO2S. The summed E-state index contributed by atoms with van der Waals surface area (Å²) >= 11 is 1.79. The van der Waals surface area contributed by atoms with Gasteiger partial charge in [-0.1, -0.05) is 20.8 Å². The summed E-state index contributed by atoms with van der Waals surface area (Å²) in [5.74, 6) is 0.863. The number of benzene rings is 1. The molecule has 0 aliphatic carbocycles. The van der Waals surface area contributed by atoms with Crippen molar-refractivity contribution in [3.05, 3.63) is 30.1 Å². The first-order valence-electron chi connectivity index (χ1n) is 6.16. The van der Waals surface area contributed by atoms with Crippen LogP contribution in [0.1, 0.15) is 20.8 Å². The molecule has 1 aromatic carbocycles. The van der Waals surface area contributed by atoms with Gasteiger partial charge in [-0.2, -0.15) is 11.8 Å². The summed E-state index contributed by atoms with van der Waals surface area (Å²) < 4.78 is 18.1. The van der Waals surface area contributed by atoms with Crippen molar-refractivity contribution in [2.75, 3.05) is 18.9 Å². The van der Waals surface area contributed by atoms with Gasteiger partial charge in [-0.15, -0.1) is 0 Å². The van der Waals surface area contributed by atoms with Crippen LogP contribution in [0.3, 0.4) is 0 Å². The van der Waals surface area contributed by atoms with E-state index in [4.69, 9.17) is 4.74 Å². The minimum absolute atomic E-state index is 0.0498. The highest BCUT2D eigenvalue weighted by Gasteiger charge is 2.10. The van der Waals surface area contributed by atoms with Crippen LogP contribution in [-0.2, 0) is 4.79 Å². The van der Waals surface area contributed by atoms with E-state index in [2.05, 4.69) is 26.1 Å². The quantitative estimate of drug-likeness (QED) is 0.817. The van der Waals surface area contributed by atoms with Gasteiger partial charge in [0, 0.05) is 17.0 Å². The van der Waals surface area contributed by atoms with Crippen LogP contribution in [-0.4, -0.2) is 29.6 Å². The molecule has 1 aromatic rings. The molecule has 0 saturated heterocycles. The van der Waals surface area contributed by atoms with Gasteiger partial charge in [-0.05, 0) is 24.3 Å². The summed E-state index contributed by atoms with van der Waals surface area (Å²) in [4.78, 5) is 11.5. The molecule has 1 amide bonds. The minimum Gasteiger partial charge on any atom is -0.484 e. The summed E-state index contributed by atoms with van der Waals surface area (Å²) in [5.41, 5.74) is 0. The smallest absolute Gasteiger partial charge is 0.257 e. The molecule has 0 radical (unpaired) electrons. The highest BCUT2D eigenvalue weighted by molar-refractivity contribution is 8.00. The zero-order valence-electron chi connectivity index (χ0n) is 11.5. The highest BCUT2D eigenvalue weighted by atomic mass is 32.2. The summed E-state index contributed by atoms with van der Waals surface area (Å²) in [6.45, 7) is 6.98. The third-order valence-corrected chi connectivity index (χ3v) is 3.42. The lowest BCUT2D eigenvalue weighted by Crippen LogP contribution is -2.31. The predicted octanol–water partition coefficient (Wildman–Crippen LogP) is 2.85. The van der Waals surface area contributed by atoms with E-state index in [-0.39, 0.29) is 23.1 Å². The first kappa shape index (κ1) is 15.8. The molecule has 1 rings (SSSR count). The lowest BCUT2D eigenvalue weighted by Gasteiger charge is -2.17. The Morgan fingerprint density at radius 2 is 1.95 bits per heavy atom. The summed E-state index contributed by atoms with van der Waals surface area (Å²) in [6.07, 6.45) is 0. The number of carbonyl (C=O) groups excluding carboxylic acids is 1. The van der Waals surface area contributed by atoms with E-state index in [1.54, 1.807) is 11.8 Å². The summed E-state index contributed by atoms with van der Waals surface area (Å²) in [6, 6.07) is 5.59. The lowest BCUT2D eigenvalue weighted by atomic mass is 10.3. The van der Waals surface area contributed by atoms with Crippen LogP contribution < -0.4 is 10.1 Å². The Balaban J connectivity index is 2.16. The molecule has 0 unspecified atom stereocenters. The normalized spacial score (nSPS) is 11.2. The summed E-state index contributed by atoms with van der Waals surface area (Å²) in [7, 11) is 0. The van der Waals surface area contributed by atoms with Gasteiger partial charge in [-0.25, -0.2) is 4.39 Å². The molecule has 19 heavy (non-hydrogen) atoms. The Morgan fingerprint density at radius 3 is 2.53 bits per heavy atom. The van der Waals surface area contributed by atoms with Crippen molar-refractivity contribution in [1.82, 2.24) is 5.32 Å². The van der Waals surface area contributed by atoms with E-state index >= 15 is 0 Å². The molecule has 0 fully saturated rings. The average molecular weight is 285 g/mol. The van der Waals surface area contributed by atoms with Crippen LogP contribution in [0, 0.1) is 5.82 Å². The first-order valence-corrected chi connectivity index (χ1v) is 7.14. The molecule has 0 atom stereocenters. The molecule has 0 saturated carbocycles. The first-order chi connectivity index (χ1) is 8.87. The number of hydrogen-bond donors (Lipinski definition) is 1. The number of nitrogens with one attached hydrogen (secondary N) is 1. The van der Waals surface area contributed by atoms with Crippen molar-refractivity contribution < 1.29 is 13.9 Å². The monoisotopic (exact) mass is 285 g/mol. The third kappa shape index (κ3) is 7.72. The number of hydrogen-bond acceptors (Lipinski definition) is 3. The van der Waals surface area contributed by atoms with Crippen LogP contribution in [0.4, 0.5) is 4.39 Å². The van der Waals surface area contributed by atoms with Gasteiger partial charge in [0.15, 0.2) is 6.61 Å². The van der Waals surface area contributed by atoms with E-state index in [1.165, 1.54) is 24.3 Å². The molecule has 0 heterocycles. The standard InChI is InChI=1S/C14H20FNO2S/c1-14(2,3)19-9-8-16-13(17)10-18-12-6-4-11(15)5-7-12/h4-7H,8-10H2,1-3H3,(H,16,17). The van der Waals surface area contributed by atoms with Gasteiger partial charge in [0.25, 0.3) is 5.91 Å². The number of halogens is 1. The fraction of sp³-hybridized carbons (Fsp3) is 0.500. The molecule has 0 aliphatic heterocycles. The number of rotatable bonds is 6. The van der Waals surface area contributed by atoms with Crippen molar-refractivity contribution in [1.29, 1.82) is 0 Å². The maximum atomic E-state index is 12.7. The molecule has 0 aromatic heterocycles. The van der Waals surface area contributed by atoms with Gasteiger partial charge in [0.2, 0.25) is 0 Å². The molecule has 106 valence electrons. The molecule has 0 aliphatic rings. The van der Waals surface area contributed by atoms with Crippen molar-refractivity contribution >= 4 is 17.7 Å².